The van der Waals surface area contributed by atoms with Crippen molar-refractivity contribution < 1.29 is 14.7 Å². The molecule has 2 N–H and O–H groups in total. The number of hydrogen-bond acceptors (Lipinski definition) is 3. The summed E-state index contributed by atoms with van der Waals surface area (Å²) in [5.41, 5.74) is 1.78. The van der Waals surface area contributed by atoms with Crippen molar-refractivity contribution in [2.75, 3.05) is 0 Å². The van der Waals surface area contributed by atoms with E-state index in [4.69, 9.17) is 10.4 Å². The van der Waals surface area contributed by atoms with Crippen LogP contribution < -0.4 is 5.32 Å². The highest BCUT2D eigenvalue weighted by molar-refractivity contribution is 5.97. The number of carbonyl (C=O) groups excluding carboxylic acids is 1. The third-order valence-electron chi connectivity index (χ3n) is 2.91. The summed E-state index contributed by atoms with van der Waals surface area (Å²) in [6.07, 6.45) is 0. The second-order valence-corrected chi connectivity index (χ2v) is 4.38. The van der Waals surface area contributed by atoms with Crippen LogP contribution in [0.2, 0.25) is 0 Å². The number of aromatic carboxylic acids is 1. The standard InChI is InChI=1S/C16H12N2O3/c17-9-11-4-6-12(7-5-11)10-18-15(19)13-2-1-3-14(8-13)16(20)21/h1-8H,10H2,(H,18,19)(H,20,21). The molecule has 0 spiro atoms. The van der Waals surface area contributed by atoms with Gasteiger partial charge in [0.05, 0.1) is 17.2 Å². The summed E-state index contributed by atoms with van der Waals surface area (Å²) >= 11 is 0. The zero-order chi connectivity index (χ0) is 15.2. The summed E-state index contributed by atoms with van der Waals surface area (Å²) in [5, 5.41) is 20.3. The maximum atomic E-state index is 12.0. The van der Waals surface area contributed by atoms with Crippen LogP contribution in [0.15, 0.2) is 48.5 Å². The van der Waals surface area contributed by atoms with E-state index in [9.17, 15) is 9.59 Å². The van der Waals surface area contributed by atoms with Crippen LogP contribution in [-0.2, 0) is 6.54 Å². The molecule has 0 unspecified atom stereocenters. The number of rotatable bonds is 4. The molecule has 0 radical (unpaired) electrons. The summed E-state index contributed by atoms with van der Waals surface area (Å²) < 4.78 is 0. The van der Waals surface area contributed by atoms with Crippen LogP contribution in [0.4, 0.5) is 0 Å². The van der Waals surface area contributed by atoms with E-state index in [1.165, 1.54) is 18.2 Å². The summed E-state index contributed by atoms with van der Waals surface area (Å²) in [6.45, 7) is 0.307. The van der Waals surface area contributed by atoms with Crippen LogP contribution in [0, 0.1) is 11.3 Å². The molecule has 5 nitrogen and oxygen atoms in total. The molecular weight excluding hydrogens is 268 g/mol. The summed E-state index contributed by atoms with van der Waals surface area (Å²) in [5.74, 6) is -1.42. The first-order chi connectivity index (χ1) is 10.1. The number of carboxylic acid groups (broad SMARTS) is 1. The maximum absolute atomic E-state index is 12.0. The molecule has 2 aromatic rings. The van der Waals surface area contributed by atoms with Crippen molar-refractivity contribution in [2.45, 2.75) is 6.54 Å². The molecule has 21 heavy (non-hydrogen) atoms. The SMILES string of the molecule is N#Cc1ccc(CNC(=O)c2cccc(C(=O)O)c2)cc1. The van der Waals surface area contributed by atoms with Gasteiger partial charge in [0.25, 0.3) is 5.91 Å². The van der Waals surface area contributed by atoms with Gasteiger partial charge in [0, 0.05) is 12.1 Å². The zero-order valence-corrected chi connectivity index (χ0v) is 11.0. The van der Waals surface area contributed by atoms with E-state index in [1.807, 2.05) is 6.07 Å². The van der Waals surface area contributed by atoms with Crippen molar-refractivity contribution in [1.29, 1.82) is 5.26 Å². The van der Waals surface area contributed by atoms with Crippen molar-refractivity contribution in [3.63, 3.8) is 0 Å². The fourth-order valence-electron chi connectivity index (χ4n) is 1.77. The fraction of sp³-hybridized carbons (Fsp3) is 0.0625. The van der Waals surface area contributed by atoms with Crippen molar-refractivity contribution >= 4 is 11.9 Å². The first-order valence-electron chi connectivity index (χ1n) is 6.21. The Morgan fingerprint density at radius 1 is 1.10 bits per heavy atom. The predicted octanol–water partition coefficient (Wildman–Crippen LogP) is 2.19. The second kappa shape index (κ2) is 6.35. The van der Waals surface area contributed by atoms with E-state index < -0.39 is 5.97 Å². The number of amides is 1. The highest BCUT2D eigenvalue weighted by Crippen LogP contribution is 2.07. The molecule has 5 heteroatoms. The minimum Gasteiger partial charge on any atom is -0.478 e. The minimum atomic E-state index is -1.07. The average Bonchev–Trinajstić information content (AvgIpc) is 2.53. The Labute approximate surface area is 121 Å². The van der Waals surface area contributed by atoms with Crippen molar-refractivity contribution in [2.24, 2.45) is 0 Å². The first kappa shape index (κ1) is 14.3. The van der Waals surface area contributed by atoms with Crippen LogP contribution >= 0.6 is 0 Å². The molecule has 0 fully saturated rings. The molecule has 0 atom stereocenters. The lowest BCUT2D eigenvalue weighted by Crippen LogP contribution is -2.23. The first-order valence-corrected chi connectivity index (χ1v) is 6.21. The Hall–Kier alpha value is -3.13. The molecule has 2 aromatic carbocycles. The number of carboxylic acids is 1. The monoisotopic (exact) mass is 280 g/mol. The molecule has 0 aliphatic rings. The van der Waals surface area contributed by atoms with Gasteiger partial charge in [0.1, 0.15) is 0 Å². The molecule has 2 rings (SSSR count). The van der Waals surface area contributed by atoms with E-state index in [0.29, 0.717) is 17.7 Å². The van der Waals surface area contributed by atoms with Gasteiger partial charge in [-0.05, 0) is 35.9 Å². The van der Waals surface area contributed by atoms with Gasteiger partial charge < -0.3 is 10.4 Å². The molecule has 0 saturated heterocycles. The summed E-state index contributed by atoms with van der Waals surface area (Å²) in [7, 11) is 0. The number of hydrogen-bond donors (Lipinski definition) is 2. The number of nitrogens with one attached hydrogen (secondary N) is 1. The van der Waals surface area contributed by atoms with E-state index >= 15 is 0 Å². The van der Waals surface area contributed by atoms with Gasteiger partial charge in [-0.25, -0.2) is 4.79 Å². The molecule has 0 aliphatic carbocycles. The molecule has 0 heterocycles. The largest absolute Gasteiger partial charge is 0.478 e. The highest BCUT2D eigenvalue weighted by Gasteiger charge is 2.09. The maximum Gasteiger partial charge on any atom is 0.335 e. The van der Waals surface area contributed by atoms with Crippen molar-refractivity contribution in [3.8, 4) is 6.07 Å². The van der Waals surface area contributed by atoms with Gasteiger partial charge >= 0.3 is 5.97 Å². The van der Waals surface area contributed by atoms with Crippen molar-refractivity contribution in [1.82, 2.24) is 5.32 Å². The smallest absolute Gasteiger partial charge is 0.335 e. The van der Waals surface area contributed by atoms with Crippen molar-refractivity contribution in [3.05, 3.63) is 70.8 Å². The number of benzene rings is 2. The van der Waals surface area contributed by atoms with Gasteiger partial charge in [-0.2, -0.15) is 5.26 Å². The van der Waals surface area contributed by atoms with E-state index in [1.54, 1.807) is 30.3 Å². The molecule has 0 aliphatic heterocycles. The van der Waals surface area contributed by atoms with Gasteiger partial charge in [-0.1, -0.05) is 18.2 Å². The number of carbonyl (C=O) groups is 2. The van der Waals surface area contributed by atoms with Crippen LogP contribution in [0.1, 0.15) is 31.8 Å². The Kier molecular flexibility index (Phi) is 4.32. The number of nitrogens with zero attached hydrogens (tertiary/aromatic N) is 1. The van der Waals surface area contributed by atoms with E-state index in [-0.39, 0.29) is 11.5 Å². The number of nitriles is 1. The van der Waals surface area contributed by atoms with Gasteiger partial charge in [-0.15, -0.1) is 0 Å². The molecule has 104 valence electrons. The minimum absolute atomic E-state index is 0.0704. The van der Waals surface area contributed by atoms with Crippen LogP contribution in [0.3, 0.4) is 0 Å². The lowest BCUT2D eigenvalue weighted by Gasteiger charge is -2.06. The highest BCUT2D eigenvalue weighted by atomic mass is 16.4. The lowest BCUT2D eigenvalue weighted by molar-refractivity contribution is 0.0697. The molecule has 0 saturated carbocycles. The fourth-order valence-corrected chi connectivity index (χ4v) is 1.77. The van der Waals surface area contributed by atoms with E-state index in [2.05, 4.69) is 5.32 Å². The Morgan fingerprint density at radius 2 is 1.76 bits per heavy atom. The quantitative estimate of drug-likeness (QED) is 0.898. The topological polar surface area (TPSA) is 90.2 Å². The Balaban J connectivity index is 2.02. The molecular formula is C16H12N2O3. The second-order valence-electron chi connectivity index (χ2n) is 4.38. The molecule has 0 aromatic heterocycles. The normalized spacial score (nSPS) is 9.67. The lowest BCUT2D eigenvalue weighted by atomic mass is 10.1. The Morgan fingerprint density at radius 3 is 2.38 bits per heavy atom. The van der Waals surface area contributed by atoms with Gasteiger partial charge in [0.15, 0.2) is 0 Å². The Bertz CT molecular complexity index is 715. The van der Waals surface area contributed by atoms with Gasteiger partial charge in [0.2, 0.25) is 0 Å². The van der Waals surface area contributed by atoms with E-state index in [0.717, 1.165) is 5.56 Å². The third kappa shape index (κ3) is 3.67. The van der Waals surface area contributed by atoms with Crippen LogP contribution in [-0.4, -0.2) is 17.0 Å². The predicted molar refractivity (Wildman–Crippen MR) is 75.7 cm³/mol. The third-order valence-corrected chi connectivity index (χ3v) is 2.91. The summed E-state index contributed by atoms with van der Waals surface area (Å²) in [4.78, 5) is 22.8. The summed E-state index contributed by atoms with van der Waals surface area (Å²) in [6, 6.07) is 14.7. The molecule has 1 amide bonds. The molecule has 0 bridgehead atoms. The van der Waals surface area contributed by atoms with Crippen LogP contribution in [0.5, 0.6) is 0 Å². The zero-order valence-electron chi connectivity index (χ0n) is 11.0. The van der Waals surface area contributed by atoms with Crippen LogP contribution in [0.25, 0.3) is 0 Å². The van der Waals surface area contributed by atoms with Gasteiger partial charge in [-0.3, -0.25) is 4.79 Å². The average molecular weight is 280 g/mol.